The number of aryl methyl sites for hydroxylation is 1. The number of carbonyl (C=O) groups excluding carboxylic acids is 1. The van der Waals surface area contributed by atoms with Crippen molar-refractivity contribution >= 4 is 14.2 Å². The SMILES string of the molecule is COc1cccn(-c2ccc(CC[C@@H]3O[C@H](CC(=O)N4CCC[C@H]4CO)[C@@H]([Si](C)(C)O)[C@@H]3C)cc2)c1=O. The highest BCUT2D eigenvalue weighted by Gasteiger charge is 2.50. The number of likely N-dealkylation sites (tertiary alicyclic amines) is 1. The molecule has 0 unspecified atom stereocenters. The zero-order valence-electron chi connectivity index (χ0n) is 22.3. The van der Waals surface area contributed by atoms with Crippen LogP contribution in [0.25, 0.3) is 5.69 Å². The average Bonchev–Trinajstić information content (AvgIpc) is 3.47. The smallest absolute Gasteiger partial charge is 0.297 e. The van der Waals surface area contributed by atoms with Gasteiger partial charge in [-0.15, -0.1) is 0 Å². The van der Waals surface area contributed by atoms with Gasteiger partial charge in [-0.25, -0.2) is 0 Å². The van der Waals surface area contributed by atoms with Crippen LogP contribution in [-0.2, 0) is 16.0 Å². The third-order valence-electron chi connectivity index (χ3n) is 8.07. The summed E-state index contributed by atoms with van der Waals surface area (Å²) in [6.07, 6.45) is 4.95. The van der Waals surface area contributed by atoms with Crippen molar-refractivity contribution in [3.63, 3.8) is 0 Å². The summed E-state index contributed by atoms with van der Waals surface area (Å²) < 4.78 is 13.2. The van der Waals surface area contributed by atoms with E-state index in [2.05, 4.69) is 6.92 Å². The van der Waals surface area contributed by atoms with E-state index in [9.17, 15) is 19.5 Å². The molecule has 1 amide bonds. The second kappa shape index (κ2) is 11.5. The van der Waals surface area contributed by atoms with Crippen molar-refractivity contribution in [1.29, 1.82) is 0 Å². The van der Waals surface area contributed by atoms with Crippen molar-refractivity contribution in [3.05, 3.63) is 58.5 Å². The summed E-state index contributed by atoms with van der Waals surface area (Å²) in [7, 11) is -1.09. The highest BCUT2D eigenvalue weighted by molar-refractivity contribution is 6.71. The van der Waals surface area contributed by atoms with Crippen LogP contribution in [0.15, 0.2) is 47.4 Å². The van der Waals surface area contributed by atoms with E-state index in [4.69, 9.17) is 9.47 Å². The number of aromatic nitrogens is 1. The van der Waals surface area contributed by atoms with Gasteiger partial charge in [0.25, 0.3) is 5.56 Å². The van der Waals surface area contributed by atoms with E-state index in [1.54, 1.807) is 27.8 Å². The Balaban J connectivity index is 1.42. The summed E-state index contributed by atoms with van der Waals surface area (Å²) in [5.41, 5.74) is 1.68. The summed E-state index contributed by atoms with van der Waals surface area (Å²) in [5.74, 6) is 0.459. The topological polar surface area (TPSA) is 101 Å². The number of pyridine rings is 1. The molecule has 8 nitrogen and oxygen atoms in total. The molecule has 0 bridgehead atoms. The van der Waals surface area contributed by atoms with Crippen LogP contribution in [0.3, 0.4) is 0 Å². The molecule has 2 N–H and O–H groups in total. The normalized spacial score (nSPS) is 26.0. The molecule has 0 spiro atoms. The van der Waals surface area contributed by atoms with Gasteiger partial charge in [0.1, 0.15) is 0 Å². The van der Waals surface area contributed by atoms with Crippen molar-refractivity contribution in [3.8, 4) is 11.4 Å². The van der Waals surface area contributed by atoms with Gasteiger partial charge in [0.05, 0.1) is 38.4 Å². The molecular formula is C28H40N2O6Si. The van der Waals surface area contributed by atoms with Gasteiger partial charge in [0, 0.05) is 24.0 Å². The third kappa shape index (κ3) is 6.00. The number of ether oxygens (including phenoxy) is 2. The van der Waals surface area contributed by atoms with Crippen molar-refractivity contribution in [2.24, 2.45) is 5.92 Å². The number of hydrogen-bond donors (Lipinski definition) is 2. The van der Waals surface area contributed by atoms with Gasteiger partial charge in [-0.1, -0.05) is 19.1 Å². The molecule has 2 aromatic rings. The first kappa shape index (κ1) is 27.6. The van der Waals surface area contributed by atoms with Gasteiger partial charge >= 0.3 is 0 Å². The van der Waals surface area contributed by atoms with Crippen LogP contribution in [0.4, 0.5) is 0 Å². The van der Waals surface area contributed by atoms with Crippen LogP contribution < -0.4 is 10.3 Å². The molecule has 0 saturated carbocycles. The molecule has 2 saturated heterocycles. The van der Waals surface area contributed by atoms with Crippen molar-refractivity contribution in [1.82, 2.24) is 9.47 Å². The monoisotopic (exact) mass is 528 g/mol. The number of methoxy groups -OCH3 is 1. The quantitative estimate of drug-likeness (QED) is 0.485. The Kier molecular flexibility index (Phi) is 8.58. The number of amides is 1. The first-order valence-corrected chi connectivity index (χ1v) is 16.3. The van der Waals surface area contributed by atoms with E-state index in [-0.39, 0.29) is 54.2 Å². The molecule has 2 aliphatic heterocycles. The number of nitrogens with zero attached hydrogens (tertiary/aromatic N) is 2. The van der Waals surface area contributed by atoms with Crippen molar-refractivity contribution in [2.75, 3.05) is 20.3 Å². The Morgan fingerprint density at radius 3 is 2.57 bits per heavy atom. The van der Waals surface area contributed by atoms with Crippen LogP contribution >= 0.6 is 0 Å². The highest BCUT2D eigenvalue weighted by Crippen LogP contribution is 2.45. The van der Waals surface area contributed by atoms with Crippen molar-refractivity contribution in [2.45, 2.75) is 75.9 Å². The van der Waals surface area contributed by atoms with Crippen LogP contribution in [0.1, 0.15) is 38.2 Å². The van der Waals surface area contributed by atoms with Crippen LogP contribution in [0, 0.1) is 5.92 Å². The lowest BCUT2D eigenvalue weighted by Gasteiger charge is -2.31. The van der Waals surface area contributed by atoms with Gasteiger partial charge in [0.15, 0.2) is 14.1 Å². The Hall–Kier alpha value is -2.46. The van der Waals surface area contributed by atoms with Gasteiger partial charge in [0.2, 0.25) is 5.91 Å². The van der Waals surface area contributed by atoms with Crippen LogP contribution in [0.2, 0.25) is 18.6 Å². The van der Waals surface area contributed by atoms with Gasteiger partial charge in [-0.05, 0) is 74.5 Å². The molecule has 0 aliphatic carbocycles. The molecule has 1 aromatic heterocycles. The Morgan fingerprint density at radius 1 is 1.19 bits per heavy atom. The Labute approximate surface area is 220 Å². The molecule has 0 radical (unpaired) electrons. The number of aliphatic hydroxyl groups excluding tert-OH is 1. The molecule has 4 rings (SSSR count). The molecule has 202 valence electrons. The van der Waals surface area contributed by atoms with E-state index in [0.717, 1.165) is 36.9 Å². The van der Waals surface area contributed by atoms with Crippen molar-refractivity contribution < 1.29 is 24.2 Å². The number of aliphatic hydroxyl groups is 1. The lowest BCUT2D eigenvalue weighted by Crippen LogP contribution is -2.43. The fraction of sp³-hybridized carbons (Fsp3) is 0.571. The lowest BCUT2D eigenvalue weighted by atomic mass is 9.95. The van der Waals surface area contributed by atoms with Gasteiger partial charge < -0.3 is 24.3 Å². The maximum absolute atomic E-state index is 13.1. The molecule has 37 heavy (non-hydrogen) atoms. The number of hydrogen-bond acceptors (Lipinski definition) is 6. The fourth-order valence-electron chi connectivity index (χ4n) is 6.22. The largest absolute Gasteiger partial charge is 0.491 e. The maximum Gasteiger partial charge on any atom is 0.297 e. The minimum absolute atomic E-state index is 0.00872. The summed E-state index contributed by atoms with van der Waals surface area (Å²) in [6.45, 7) is 6.67. The minimum Gasteiger partial charge on any atom is -0.491 e. The van der Waals surface area contributed by atoms with Gasteiger partial charge in [-0.3, -0.25) is 14.2 Å². The summed E-state index contributed by atoms with van der Waals surface area (Å²) in [6, 6.07) is 11.2. The van der Waals surface area contributed by atoms with E-state index in [1.165, 1.54) is 7.11 Å². The standard InChI is InChI=1S/C28H40N2O6Si/c1-19-23(14-11-20-9-12-21(13-10-20)30-16-6-8-24(35-2)28(30)33)36-25(27(19)37(3,4)34)17-26(32)29-15-5-7-22(29)18-31/h6,8-10,12-13,16,19,22-23,25,27,31,34H,5,7,11,14-15,17-18H2,1-4H3/t19-,22+,23+,25-,27+/m1/s1. The predicted octanol–water partition coefficient (Wildman–Crippen LogP) is 3.12. The Morgan fingerprint density at radius 2 is 1.92 bits per heavy atom. The third-order valence-corrected chi connectivity index (χ3v) is 10.6. The highest BCUT2D eigenvalue weighted by atomic mass is 28.4. The number of carbonyl (C=O) groups is 1. The number of rotatable bonds is 9. The van der Waals surface area contributed by atoms with Crippen LogP contribution in [0.5, 0.6) is 5.75 Å². The van der Waals surface area contributed by atoms with Gasteiger partial charge in [-0.2, -0.15) is 0 Å². The summed E-state index contributed by atoms with van der Waals surface area (Å²) in [4.78, 5) is 38.5. The molecular weight excluding hydrogens is 488 g/mol. The molecule has 2 fully saturated rings. The first-order chi connectivity index (χ1) is 17.6. The average molecular weight is 529 g/mol. The van der Waals surface area contributed by atoms with Crippen LogP contribution in [-0.4, -0.2) is 72.1 Å². The molecule has 3 heterocycles. The van der Waals surface area contributed by atoms with E-state index < -0.39 is 8.32 Å². The minimum atomic E-state index is -2.58. The Bertz CT molecular complexity index is 1130. The van der Waals surface area contributed by atoms with E-state index in [1.807, 2.05) is 37.4 Å². The van der Waals surface area contributed by atoms with E-state index >= 15 is 0 Å². The predicted molar refractivity (Wildman–Crippen MR) is 145 cm³/mol. The zero-order valence-corrected chi connectivity index (χ0v) is 23.3. The van der Waals surface area contributed by atoms with E-state index in [0.29, 0.717) is 12.3 Å². The number of benzene rings is 1. The summed E-state index contributed by atoms with van der Waals surface area (Å²) >= 11 is 0. The molecule has 9 heteroatoms. The molecule has 5 atom stereocenters. The first-order valence-electron chi connectivity index (χ1n) is 13.3. The summed E-state index contributed by atoms with van der Waals surface area (Å²) in [5, 5.41) is 9.63. The fourth-order valence-corrected chi connectivity index (χ4v) is 8.82. The lowest BCUT2D eigenvalue weighted by molar-refractivity contribution is -0.135. The molecule has 2 aliphatic rings. The second-order valence-corrected chi connectivity index (χ2v) is 15.0. The zero-order chi connectivity index (χ0) is 26.7. The second-order valence-electron chi connectivity index (χ2n) is 11.0. The maximum atomic E-state index is 13.1. The molecule has 1 aromatic carbocycles.